The van der Waals surface area contributed by atoms with E-state index in [0.29, 0.717) is 16.9 Å². The first-order valence-corrected chi connectivity index (χ1v) is 11.5. The molecule has 0 fully saturated rings. The van der Waals surface area contributed by atoms with Crippen molar-refractivity contribution < 1.29 is 32.3 Å². The Morgan fingerprint density at radius 1 is 1.22 bits per heavy atom. The van der Waals surface area contributed by atoms with E-state index in [1.807, 2.05) is 0 Å². The Bertz CT molecular complexity index is 1270. The molecule has 0 saturated carbocycles. The van der Waals surface area contributed by atoms with Crippen LogP contribution in [0.25, 0.3) is 0 Å². The molecule has 0 radical (unpaired) electrons. The first kappa shape index (κ1) is 21.7. The number of nitrogens with one attached hydrogen (secondary N) is 1. The van der Waals surface area contributed by atoms with E-state index in [2.05, 4.69) is 4.72 Å². The lowest BCUT2D eigenvalue weighted by atomic mass is 10.1. The third kappa shape index (κ3) is 4.56. The molecule has 12 heteroatoms. The van der Waals surface area contributed by atoms with Gasteiger partial charge in [0.05, 0.1) is 22.8 Å². The lowest BCUT2D eigenvalue weighted by Gasteiger charge is -2.20. The molecule has 4 rings (SSSR count). The summed E-state index contributed by atoms with van der Waals surface area (Å²) in [4.78, 5) is 23.4. The largest absolute Gasteiger partial charge is 0.467 e. The van der Waals surface area contributed by atoms with E-state index in [-0.39, 0.29) is 41.2 Å². The number of nitrogens with zero attached hydrogens (tertiary/aromatic N) is 1. The second kappa shape index (κ2) is 8.94. The van der Waals surface area contributed by atoms with Gasteiger partial charge >= 0.3 is 5.97 Å². The fourth-order valence-electron chi connectivity index (χ4n) is 3.08. The maximum absolute atomic E-state index is 12.7. The average molecular weight is 476 g/mol. The van der Waals surface area contributed by atoms with Crippen LogP contribution in [0.2, 0.25) is 0 Å². The van der Waals surface area contributed by atoms with E-state index in [4.69, 9.17) is 14.2 Å². The van der Waals surface area contributed by atoms with E-state index in [9.17, 15) is 23.3 Å². The molecule has 166 valence electrons. The maximum Gasteiger partial charge on any atom is 0.340 e. The van der Waals surface area contributed by atoms with Crippen molar-refractivity contribution >= 4 is 38.7 Å². The topological polar surface area (TPSA) is 134 Å². The van der Waals surface area contributed by atoms with Gasteiger partial charge in [-0.05, 0) is 23.6 Å². The van der Waals surface area contributed by atoms with Crippen LogP contribution in [0.15, 0.2) is 58.1 Å². The van der Waals surface area contributed by atoms with Crippen molar-refractivity contribution in [2.75, 3.05) is 11.5 Å². The zero-order valence-electron chi connectivity index (χ0n) is 16.3. The number of nitro benzene ring substituents is 1. The van der Waals surface area contributed by atoms with Crippen LogP contribution in [0.4, 0.5) is 11.4 Å². The number of hydrogen-bond acceptors (Lipinski definition) is 9. The molecule has 0 spiro atoms. The molecule has 1 aliphatic heterocycles. The maximum atomic E-state index is 12.7. The molecule has 0 amide bonds. The second-order valence-electron chi connectivity index (χ2n) is 6.62. The zero-order valence-corrected chi connectivity index (χ0v) is 18.0. The molecule has 0 bridgehead atoms. The number of anilines is 1. The van der Waals surface area contributed by atoms with Crippen LogP contribution in [-0.2, 0) is 32.7 Å². The smallest absolute Gasteiger partial charge is 0.340 e. The first-order valence-electron chi connectivity index (χ1n) is 9.18. The van der Waals surface area contributed by atoms with Gasteiger partial charge in [0.1, 0.15) is 16.6 Å². The molecule has 0 atom stereocenters. The Morgan fingerprint density at radius 3 is 2.78 bits per heavy atom. The number of esters is 1. The Balaban J connectivity index is 1.56. The summed E-state index contributed by atoms with van der Waals surface area (Å²) in [5.41, 5.74) is 0.643. The number of rotatable bonds is 7. The molecular weight excluding hydrogens is 460 g/mol. The van der Waals surface area contributed by atoms with Crippen molar-refractivity contribution in [1.82, 2.24) is 0 Å². The van der Waals surface area contributed by atoms with Gasteiger partial charge < -0.3 is 14.2 Å². The van der Waals surface area contributed by atoms with Gasteiger partial charge in [0.2, 0.25) is 0 Å². The summed E-state index contributed by atoms with van der Waals surface area (Å²) in [6.45, 7) is -0.209. The third-order valence-electron chi connectivity index (χ3n) is 4.49. The number of hydrogen-bond donors (Lipinski definition) is 1. The molecule has 10 nitrogen and oxygen atoms in total. The molecule has 1 aromatic heterocycles. The molecule has 1 aliphatic rings. The van der Waals surface area contributed by atoms with Crippen molar-refractivity contribution in [1.29, 1.82) is 0 Å². The monoisotopic (exact) mass is 476 g/mol. The number of benzene rings is 2. The molecule has 0 aliphatic carbocycles. The SMILES string of the molecule is O=C(OCc1cc([N+](=O)[O-])cc2c1OCOC2)c1ccccc1NS(=O)(=O)c1cccs1. The molecule has 2 heterocycles. The molecule has 1 N–H and O–H groups in total. The van der Waals surface area contributed by atoms with Crippen LogP contribution >= 0.6 is 11.3 Å². The van der Waals surface area contributed by atoms with Crippen molar-refractivity contribution in [2.24, 2.45) is 0 Å². The fourth-order valence-corrected chi connectivity index (χ4v) is 5.15. The number of non-ortho nitro benzene ring substituents is 1. The van der Waals surface area contributed by atoms with Crippen molar-refractivity contribution in [3.63, 3.8) is 0 Å². The zero-order chi connectivity index (χ0) is 22.7. The third-order valence-corrected chi connectivity index (χ3v) is 7.26. The number of thiophene rings is 1. The lowest BCUT2D eigenvalue weighted by Crippen LogP contribution is -2.17. The summed E-state index contributed by atoms with van der Waals surface area (Å²) in [5.74, 6) is -0.442. The van der Waals surface area contributed by atoms with E-state index >= 15 is 0 Å². The summed E-state index contributed by atoms with van der Waals surface area (Å²) >= 11 is 1.04. The normalized spacial score (nSPS) is 13.0. The van der Waals surface area contributed by atoms with Crippen LogP contribution in [0, 0.1) is 10.1 Å². The number of ether oxygens (including phenoxy) is 3. The molecule has 3 aromatic rings. The highest BCUT2D eigenvalue weighted by molar-refractivity contribution is 7.94. The number of nitro groups is 1. The minimum Gasteiger partial charge on any atom is -0.467 e. The summed E-state index contributed by atoms with van der Waals surface area (Å²) in [6, 6.07) is 11.7. The van der Waals surface area contributed by atoms with Gasteiger partial charge in [0, 0.05) is 23.3 Å². The second-order valence-corrected chi connectivity index (χ2v) is 9.48. The number of para-hydroxylation sites is 1. The lowest BCUT2D eigenvalue weighted by molar-refractivity contribution is -0.385. The van der Waals surface area contributed by atoms with Gasteiger partial charge in [0.25, 0.3) is 15.7 Å². The summed E-state index contributed by atoms with van der Waals surface area (Å²) in [5, 5.41) is 12.9. The fraction of sp³-hybridized carbons (Fsp3) is 0.150. The van der Waals surface area contributed by atoms with Crippen LogP contribution in [0.5, 0.6) is 5.75 Å². The minimum atomic E-state index is -3.87. The molecule has 2 aromatic carbocycles. The van der Waals surface area contributed by atoms with Crippen LogP contribution < -0.4 is 9.46 Å². The van der Waals surface area contributed by atoms with Gasteiger partial charge in [0.15, 0.2) is 6.79 Å². The Morgan fingerprint density at radius 2 is 2.03 bits per heavy atom. The molecule has 0 unspecified atom stereocenters. The van der Waals surface area contributed by atoms with E-state index in [1.54, 1.807) is 23.6 Å². The number of carbonyl (C=O) groups is 1. The van der Waals surface area contributed by atoms with Crippen LogP contribution in [-0.4, -0.2) is 26.1 Å². The van der Waals surface area contributed by atoms with Crippen molar-refractivity contribution in [2.45, 2.75) is 17.4 Å². The van der Waals surface area contributed by atoms with Gasteiger partial charge in [-0.15, -0.1) is 11.3 Å². The Labute approximate surface area is 186 Å². The predicted molar refractivity (Wildman–Crippen MR) is 114 cm³/mol. The van der Waals surface area contributed by atoms with Crippen molar-refractivity contribution in [3.05, 3.63) is 80.7 Å². The number of fused-ring (bicyclic) bond motifs is 1. The Kier molecular flexibility index (Phi) is 6.08. The molecular formula is C20H16N2O8S2. The standard InChI is InChI=1S/C20H16N2O8S2/c23-20(16-4-1-2-5-17(16)21-32(26,27)18-6-3-7-31-18)29-11-14-9-15(22(24)25)8-13-10-28-12-30-19(13)14/h1-9,21H,10-12H2. The van der Waals surface area contributed by atoms with E-state index < -0.39 is 20.9 Å². The highest BCUT2D eigenvalue weighted by atomic mass is 32.2. The first-order chi connectivity index (χ1) is 15.3. The van der Waals surface area contributed by atoms with Crippen molar-refractivity contribution in [3.8, 4) is 5.75 Å². The number of carbonyl (C=O) groups excluding carboxylic acids is 1. The predicted octanol–water partition coefficient (Wildman–Crippen LogP) is 3.68. The van der Waals surface area contributed by atoms with E-state index in [0.717, 1.165) is 11.3 Å². The average Bonchev–Trinajstić information content (AvgIpc) is 3.33. The molecule has 0 saturated heterocycles. The van der Waals surface area contributed by atoms with Crippen LogP contribution in [0.3, 0.4) is 0 Å². The Hall–Kier alpha value is -3.48. The van der Waals surface area contributed by atoms with Crippen LogP contribution in [0.1, 0.15) is 21.5 Å². The number of sulfonamides is 1. The summed E-state index contributed by atoms with van der Waals surface area (Å²) in [6.07, 6.45) is 0. The van der Waals surface area contributed by atoms with Gasteiger partial charge in [-0.2, -0.15) is 0 Å². The van der Waals surface area contributed by atoms with Gasteiger partial charge in [-0.3, -0.25) is 14.8 Å². The van der Waals surface area contributed by atoms with Gasteiger partial charge in [-0.1, -0.05) is 18.2 Å². The summed E-state index contributed by atoms with van der Waals surface area (Å²) < 4.78 is 43.5. The van der Waals surface area contributed by atoms with Gasteiger partial charge in [-0.25, -0.2) is 13.2 Å². The quantitative estimate of drug-likeness (QED) is 0.310. The minimum absolute atomic E-state index is 0.00354. The highest BCUT2D eigenvalue weighted by Crippen LogP contribution is 2.33. The molecule has 32 heavy (non-hydrogen) atoms. The summed E-state index contributed by atoms with van der Waals surface area (Å²) in [7, 11) is -3.87. The van der Waals surface area contributed by atoms with E-state index in [1.165, 1.54) is 30.3 Å². The highest BCUT2D eigenvalue weighted by Gasteiger charge is 2.23.